The standard InChI is InChI=1S/C14H18BrFN2O3/c1-8-5-9(15)10(16)6-11(8)17-13(21)18(7-12(19)20)14(2,3)4/h5-6H,7H2,1-4H3,(H,17,21)(H,19,20). The Balaban J connectivity index is 3.02. The molecule has 0 fully saturated rings. The molecule has 0 atom stereocenters. The summed E-state index contributed by atoms with van der Waals surface area (Å²) in [7, 11) is 0. The van der Waals surface area contributed by atoms with Crippen molar-refractivity contribution in [3.05, 3.63) is 28.0 Å². The van der Waals surface area contributed by atoms with Gasteiger partial charge in [0.2, 0.25) is 0 Å². The van der Waals surface area contributed by atoms with Gasteiger partial charge in [0.15, 0.2) is 0 Å². The lowest BCUT2D eigenvalue weighted by atomic mass is 10.1. The first-order chi connectivity index (χ1) is 9.52. The molecule has 0 radical (unpaired) electrons. The maximum atomic E-state index is 13.5. The van der Waals surface area contributed by atoms with Gasteiger partial charge in [0.25, 0.3) is 0 Å². The molecule has 116 valence electrons. The number of carbonyl (C=O) groups excluding carboxylic acids is 1. The number of carboxylic acids is 1. The van der Waals surface area contributed by atoms with Gasteiger partial charge in [-0.05, 0) is 61.3 Å². The molecule has 1 aromatic carbocycles. The van der Waals surface area contributed by atoms with Crippen LogP contribution in [0, 0.1) is 12.7 Å². The van der Waals surface area contributed by atoms with Crippen LogP contribution in [0.25, 0.3) is 0 Å². The molecule has 2 N–H and O–H groups in total. The summed E-state index contributed by atoms with van der Waals surface area (Å²) in [6, 6.07) is 2.15. The maximum Gasteiger partial charge on any atom is 0.323 e. The van der Waals surface area contributed by atoms with E-state index in [1.165, 1.54) is 11.0 Å². The van der Waals surface area contributed by atoms with Crippen LogP contribution in [0.5, 0.6) is 0 Å². The zero-order valence-electron chi connectivity index (χ0n) is 12.3. The Morgan fingerprint density at radius 2 is 1.95 bits per heavy atom. The third-order valence-corrected chi connectivity index (χ3v) is 3.46. The molecule has 2 amide bonds. The van der Waals surface area contributed by atoms with Crippen molar-refractivity contribution in [3.8, 4) is 0 Å². The quantitative estimate of drug-likeness (QED) is 0.864. The largest absolute Gasteiger partial charge is 0.480 e. The van der Waals surface area contributed by atoms with Crippen molar-refractivity contribution >= 4 is 33.6 Å². The minimum Gasteiger partial charge on any atom is -0.480 e. The number of nitrogens with one attached hydrogen (secondary N) is 1. The summed E-state index contributed by atoms with van der Waals surface area (Å²) in [4.78, 5) is 24.3. The van der Waals surface area contributed by atoms with E-state index in [1.54, 1.807) is 33.8 Å². The zero-order valence-corrected chi connectivity index (χ0v) is 13.9. The van der Waals surface area contributed by atoms with Crippen molar-refractivity contribution in [2.45, 2.75) is 33.2 Å². The average molecular weight is 361 g/mol. The normalized spacial score (nSPS) is 11.1. The molecule has 0 aromatic heterocycles. The highest BCUT2D eigenvalue weighted by Crippen LogP contribution is 2.25. The van der Waals surface area contributed by atoms with Crippen LogP contribution >= 0.6 is 15.9 Å². The van der Waals surface area contributed by atoms with Crippen molar-refractivity contribution in [2.24, 2.45) is 0 Å². The van der Waals surface area contributed by atoms with Gasteiger partial charge in [-0.2, -0.15) is 0 Å². The first kappa shape index (κ1) is 17.4. The van der Waals surface area contributed by atoms with E-state index in [2.05, 4.69) is 21.2 Å². The summed E-state index contributed by atoms with van der Waals surface area (Å²) in [5, 5.41) is 11.5. The Morgan fingerprint density at radius 1 is 1.38 bits per heavy atom. The fourth-order valence-electron chi connectivity index (χ4n) is 1.71. The summed E-state index contributed by atoms with van der Waals surface area (Å²) >= 11 is 3.06. The Hall–Kier alpha value is -1.63. The number of aryl methyl sites for hydroxylation is 1. The van der Waals surface area contributed by atoms with Gasteiger partial charge in [-0.3, -0.25) is 4.79 Å². The summed E-state index contributed by atoms with van der Waals surface area (Å²) < 4.78 is 13.9. The molecule has 0 heterocycles. The summed E-state index contributed by atoms with van der Waals surface area (Å²) in [6.45, 7) is 6.46. The third kappa shape index (κ3) is 4.70. The number of carbonyl (C=O) groups is 2. The minimum absolute atomic E-state index is 0.302. The van der Waals surface area contributed by atoms with E-state index in [1.807, 2.05) is 0 Å². The topological polar surface area (TPSA) is 69.6 Å². The second-order valence-corrected chi connectivity index (χ2v) is 6.52. The van der Waals surface area contributed by atoms with Crippen LogP contribution in [0.3, 0.4) is 0 Å². The predicted molar refractivity (Wildman–Crippen MR) is 82.0 cm³/mol. The summed E-state index contributed by atoms with van der Waals surface area (Å²) in [5.74, 6) is -1.62. The SMILES string of the molecule is Cc1cc(Br)c(F)cc1NC(=O)N(CC(=O)O)C(C)(C)C. The average Bonchev–Trinajstić information content (AvgIpc) is 2.31. The molecule has 21 heavy (non-hydrogen) atoms. The van der Waals surface area contributed by atoms with Crippen LogP contribution in [0.1, 0.15) is 26.3 Å². The van der Waals surface area contributed by atoms with Crippen LogP contribution in [-0.4, -0.2) is 34.1 Å². The monoisotopic (exact) mass is 360 g/mol. The van der Waals surface area contributed by atoms with Crippen molar-refractivity contribution in [1.82, 2.24) is 4.90 Å². The number of carboxylic acid groups (broad SMARTS) is 1. The molecule has 0 bridgehead atoms. The number of rotatable bonds is 3. The fourth-order valence-corrected chi connectivity index (χ4v) is 2.17. The lowest BCUT2D eigenvalue weighted by Gasteiger charge is -2.34. The van der Waals surface area contributed by atoms with Gasteiger partial charge in [-0.25, -0.2) is 9.18 Å². The zero-order chi connectivity index (χ0) is 16.4. The lowest BCUT2D eigenvalue weighted by Crippen LogP contribution is -2.50. The highest BCUT2D eigenvalue weighted by Gasteiger charge is 2.28. The van der Waals surface area contributed by atoms with E-state index in [4.69, 9.17) is 5.11 Å². The number of benzene rings is 1. The number of aliphatic carboxylic acids is 1. The molecule has 0 spiro atoms. The number of hydrogen-bond donors (Lipinski definition) is 2. The van der Waals surface area contributed by atoms with Crippen molar-refractivity contribution in [1.29, 1.82) is 0 Å². The third-order valence-electron chi connectivity index (χ3n) is 2.86. The van der Waals surface area contributed by atoms with E-state index < -0.39 is 29.9 Å². The molecule has 0 saturated carbocycles. The van der Waals surface area contributed by atoms with Crippen LogP contribution in [-0.2, 0) is 4.79 Å². The van der Waals surface area contributed by atoms with Crippen molar-refractivity contribution in [3.63, 3.8) is 0 Å². The summed E-state index contributed by atoms with van der Waals surface area (Å²) in [5.41, 5.74) is 0.297. The number of amides is 2. The number of halogens is 2. The van der Waals surface area contributed by atoms with Crippen molar-refractivity contribution < 1.29 is 19.1 Å². The van der Waals surface area contributed by atoms with E-state index in [0.29, 0.717) is 15.7 Å². The Kier molecular flexibility index (Phi) is 5.33. The van der Waals surface area contributed by atoms with Crippen LogP contribution in [0.2, 0.25) is 0 Å². The van der Waals surface area contributed by atoms with Gasteiger partial charge in [-0.1, -0.05) is 0 Å². The molecule has 0 aliphatic carbocycles. The molecule has 0 saturated heterocycles. The molecular weight excluding hydrogens is 343 g/mol. The van der Waals surface area contributed by atoms with Gasteiger partial charge < -0.3 is 15.3 Å². The van der Waals surface area contributed by atoms with E-state index in [-0.39, 0.29) is 0 Å². The van der Waals surface area contributed by atoms with E-state index >= 15 is 0 Å². The molecule has 5 nitrogen and oxygen atoms in total. The smallest absolute Gasteiger partial charge is 0.323 e. The van der Waals surface area contributed by atoms with Crippen LogP contribution in [0.15, 0.2) is 16.6 Å². The van der Waals surface area contributed by atoms with Gasteiger partial charge >= 0.3 is 12.0 Å². The Morgan fingerprint density at radius 3 is 2.43 bits per heavy atom. The number of anilines is 1. The van der Waals surface area contributed by atoms with Gasteiger partial charge in [0.1, 0.15) is 12.4 Å². The maximum absolute atomic E-state index is 13.5. The Bertz CT molecular complexity index is 570. The molecule has 0 aliphatic rings. The Labute approximate surface area is 131 Å². The van der Waals surface area contributed by atoms with E-state index in [0.717, 1.165) is 0 Å². The first-order valence-corrected chi connectivity index (χ1v) is 7.07. The van der Waals surface area contributed by atoms with Crippen LogP contribution < -0.4 is 5.32 Å². The highest BCUT2D eigenvalue weighted by atomic mass is 79.9. The minimum atomic E-state index is -1.11. The highest BCUT2D eigenvalue weighted by molar-refractivity contribution is 9.10. The van der Waals surface area contributed by atoms with Crippen molar-refractivity contribution in [2.75, 3.05) is 11.9 Å². The number of nitrogens with zero attached hydrogens (tertiary/aromatic N) is 1. The van der Waals surface area contributed by atoms with Gasteiger partial charge in [0, 0.05) is 11.2 Å². The number of hydrogen-bond acceptors (Lipinski definition) is 2. The second-order valence-electron chi connectivity index (χ2n) is 5.66. The lowest BCUT2D eigenvalue weighted by molar-refractivity contribution is -0.138. The summed E-state index contributed by atoms with van der Waals surface area (Å²) in [6.07, 6.45) is 0. The molecule has 1 rings (SSSR count). The molecule has 1 aromatic rings. The van der Waals surface area contributed by atoms with E-state index in [9.17, 15) is 14.0 Å². The first-order valence-electron chi connectivity index (χ1n) is 6.28. The second kappa shape index (κ2) is 6.43. The van der Waals surface area contributed by atoms with Gasteiger partial charge in [-0.15, -0.1) is 0 Å². The van der Waals surface area contributed by atoms with Crippen LogP contribution in [0.4, 0.5) is 14.9 Å². The van der Waals surface area contributed by atoms with Gasteiger partial charge in [0.05, 0.1) is 4.47 Å². The molecular formula is C14H18BrFN2O3. The molecule has 0 aliphatic heterocycles. The fraction of sp³-hybridized carbons (Fsp3) is 0.429. The predicted octanol–water partition coefficient (Wildman–Crippen LogP) is 3.61. The number of urea groups is 1. The molecule has 7 heteroatoms. The molecule has 0 unspecified atom stereocenters.